The summed E-state index contributed by atoms with van der Waals surface area (Å²) in [4.78, 5) is 4.56. The fourth-order valence-corrected chi connectivity index (χ4v) is 2.54. The first-order valence-electron chi connectivity index (χ1n) is 6.06. The van der Waals surface area contributed by atoms with Gasteiger partial charge in [-0.2, -0.15) is 0 Å². The summed E-state index contributed by atoms with van der Waals surface area (Å²) in [5, 5.41) is 0.698. The number of pyridine rings is 1. The molecule has 1 aliphatic heterocycles. The molecule has 2 aromatic heterocycles. The van der Waals surface area contributed by atoms with E-state index in [1.54, 1.807) is 0 Å². The van der Waals surface area contributed by atoms with E-state index in [2.05, 4.69) is 4.98 Å². The third-order valence-corrected chi connectivity index (χ3v) is 3.49. The van der Waals surface area contributed by atoms with E-state index in [0.717, 1.165) is 30.8 Å². The van der Waals surface area contributed by atoms with Crippen LogP contribution in [-0.4, -0.2) is 22.1 Å². The van der Waals surface area contributed by atoms with Crippen molar-refractivity contribution < 1.29 is 4.74 Å². The minimum absolute atomic E-state index is 0.326. The zero-order chi connectivity index (χ0) is 11.7. The molecule has 1 unspecified atom stereocenters. The van der Waals surface area contributed by atoms with Gasteiger partial charge < -0.3 is 9.14 Å². The number of aromatic nitrogens is 2. The molecule has 0 saturated carbocycles. The van der Waals surface area contributed by atoms with Crippen LogP contribution in [0.3, 0.4) is 0 Å². The number of hydrogen-bond donors (Lipinski definition) is 0. The van der Waals surface area contributed by atoms with Gasteiger partial charge in [0.05, 0.1) is 16.8 Å². The van der Waals surface area contributed by atoms with E-state index in [0.29, 0.717) is 11.1 Å². The molecule has 0 amide bonds. The van der Waals surface area contributed by atoms with Gasteiger partial charge in [0.1, 0.15) is 0 Å². The Morgan fingerprint density at radius 2 is 2.41 bits per heavy atom. The summed E-state index contributed by atoms with van der Waals surface area (Å²) in [5.41, 5.74) is 1.89. The van der Waals surface area contributed by atoms with Gasteiger partial charge >= 0.3 is 0 Å². The third kappa shape index (κ3) is 2.31. The van der Waals surface area contributed by atoms with E-state index < -0.39 is 0 Å². The quantitative estimate of drug-likeness (QED) is 0.819. The van der Waals surface area contributed by atoms with Gasteiger partial charge in [0, 0.05) is 25.4 Å². The Bertz CT molecular complexity index is 517. The summed E-state index contributed by atoms with van der Waals surface area (Å²) >= 11 is 6.10. The molecule has 0 aromatic carbocycles. The van der Waals surface area contributed by atoms with Gasteiger partial charge in [-0.1, -0.05) is 11.6 Å². The third-order valence-electron chi connectivity index (χ3n) is 3.20. The zero-order valence-corrected chi connectivity index (χ0v) is 10.4. The van der Waals surface area contributed by atoms with Crippen LogP contribution in [0.2, 0.25) is 5.02 Å². The lowest BCUT2D eigenvalue weighted by molar-refractivity contribution is 0.0163. The molecule has 3 rings (SSSR count). The highest BCUT2D eigenvalue weighted by atomic mass is 35.5. The summed E-state index contributed by atoms with van der Waals surface area (Å²) in [6.07, 6.45) is 8.82. The average Bonchev–Trinajstić information content (AvgIpc) is 2.74. The Morgan fingerprint density at radius 3 is 3.18 bits per heavy atom. The maximum Gasteiger partial charge on any atom is 0.155 e. The molecule has 1 atom stereocenters. The molecule has 2 aromatic rings. The van der Waals surface area contributed by atoms with Crippen molar-refractivity contribution in [3.63, 3.8) is 0 Å². The fraction of sp³-hybridized carbons (Fsp3) is 0.462. The molecule has 90 valence electrons. The van der Waals surface area contributed by atoms with Gasteiger partial charge in [0.25, 0.3) is 0 Å². The number of halogens is 1. The first-order chi connectivity index (χ1) is 8.33. The van der Waals surface area contributed by atoms with Gasteiger partial charge in [-0.15, -0.1) is 0 Å². The molecule has 4 heteroatoms. The summed E-state index contributed by atoms with van der Waals surface area (Å²) in [5.74, 6) is 0. The van der Waals surface area contributed by atoms with Crippen molar-refractivity contribution in [2.24, 2.45) is 0 Å². The fourth-order valence-electron chi connectivity index (χ4n) is 2.33. The predicted octanol–water partition coefficient (Wildman–Crippen LogP) is 3.10. The van der Waals surface area contributed by atoms with Crippen LogP contribution in [0.1, 0.15) is 25.0 Å². The van der Waals surface area contributed by atoms with Crippen LogP contribution in [0, 0.1) is 0 Å². The lowest BCUT2D eigenvalue weighted by Gasteiger charge is -2.21. The molecule has 3 heterocycles. The first-order valence-corrected chi connectivity index (χ1v) is 6.44. The molecule has 0 N–H and O–H groups in total. The Hall–Kier alpha value is -1.06. The second-order valence-corrected chi connectivity index (χ2v) is 4.92. The van der Waals surface area contributed by atoms with Crippen molar-refractivity contribution in [2.45, 2.75) is 31.8 Å². The largest absolute Gasteiger partial charge is 0.378 e. The molecule has 3 nitrogen and oxygen atoms in total. The van der Waals surface area contributed by atoms with Gasteiger partial charge in [-0.25, -0.2) is 4.98 Å². The van der Waals surface area contributed by atoms with Crippen LogP contribution in [0.5, 0.6) is 0 Å². The molecule has 1 saturated heterocycles. The van der Waals surface area contributed by atoms with E-state index in [-0.39, 0.29) is 0 Å². The average molecular weight is 251 g/mol. The van der Waals surface area contributed by atoms with E-state index in [9.17, 15) is 0 Å². The SMILES string of the molecule is Clc1cccn2cc(CC3CCCCO3)nc12. The van der Waals surface area contributed by atoms with Crippen LogP contribution in [0.4, 0.5) is 0 Å². The monoisotopic (exact) mass is 250 g/mol. The standard InChI is InChI=1S/C13H15ClN2O/c14-12-5-3-6-16-9-10(15-13(12)16)8-11-4-1-2-7-17-11/h3,5-6,9,11H,1-2,4,7-8H2. The van der Waals surface area contributed by atoms with Gasteiger partial charge in [-0.05, 0) is 31.4 Å². The summed E-state index contributed by atoms with van der Waals surface area (Å²) in [6.45, 7) is 0.888. The van der Waals surface area contributed by atoms with Crippen molar-refractivity contribution >= 4 is 17.2 Å². The number of ether oxygens (including phenoxy) is 1. The highest BCUT2D eigenvalue weighted by Crippen LogP contribution is 2.20. The van der Waals surface area contributed by atoms with Crippen molar-refractivity contribution in [1.82, 2.24) is 9.38 Å². The number of imidazole rings is 1. The van der Waals surface area contributed by atoms with Crippen LogP contribution in [-0.2, 0) is 11.2 Å². The molecule has 0 spiro atoms. The molecule has 0 radical (unpaired) electrons. The number of nitrogens with zero attached hydrogens (tertiary/aromatic N) is 2. The molecule has 17 heavy (non-hydrogen) atoms. The minimum atomic E-state index is 0.326. The number of rotatable bonds is 2. The Kier molecular flexibility index (Phi) is 3.04. The number of hydrogen-bond acceptors (Lipinski definition) is 2. The molecule has 0 bridgehead atoms. The van der Waals surface area contributed by atoms with Crippen LogP contribution >= 0.6 is 11.6 Å². The summed E-state index contributed by atoms with van der Waals surface area (Å²) in [7, 11) is 0. The topological polar surface area (TPSA) is 26.5 Å². The second kappa shape index (κ2) is 4.67. The normalized spacial score (nSPS) is 20.9. The Morgan fingerprint density at radius 1 is 1.47 bits per heavy atom. The van der Waals surface area contributed by atoms with E-state index >= 15 is 0 Å². The van der Waals surface area contributed by atoms with E-state index in [4.69, 9.17) is 16.3 Å². The van der Waals surface area contributed by atoms with Crippen molar-refractivity contribution in [3.8, 4) is 0 Å². The van der Waals surface area contributed by atoms with Crippen LogP contribution < -0.4 is 0 Å². The Labute approximate surface area is 105 Å². The van der Waals surface area contributed by atoms with E-state index in [1.165, 1.54) is 12.8 Å². The molecule has 1 fully saturated rings. The highest BCUT2D eigenvalue weighted by Gasteiger charge is 2.16. The zero-order valence-electron chi connectivity index (χ0n) is 9.60. The second-order valence-electron chi connectivity index (χ2n) is 4.51. The van der Waals surface area contributed by atoms with Crippen LogP contribution in [0.25, 0.3) is 5.65 Å². The molecular weight excluding hydrogens is 236 g/mol. The van der Waals surface area contributed by atoms with Gasteiger partial charge in [0.2, 0.25) is 0 Å². The molecule has 1 aliphatic rings. The predicted molar refractivity (Wildman–Crippen MR) is 67.5 cm³/mol. The highest BCUT2D eigenvalue weighted by molar-refractivity contribution is 6.33. The van der Waals surface area contributed by atoms with E-state index in [1.807, 2.05) is 28.9 Å². The first kappa shape index (κ1) is 11.1. The lowest BCUT2D eigenvalue weighted by Crippen LogP contribution is -2.21. The van der Waals surface area contributed by atoms with Gasteiger partial charge in [-0.3, -0.25) is 0 Å². The summed E-state index contributed by atoms with van der Waals surface area (Å²) in [6, 6.07) is 3.79. The van der Waals surface area contributed by atoms with Crippen molar-refractivity contribution in [1.29, 1.82) is 0 Å². The van der Waals surface area contributed by atoms with Crippen LogP contribution in [0.15, 0.2) is 24.5 Å². The maximum absolute atomic E-state index is 6.10. The maximum atomic E-state index is 6.10. The van der Waals surface area contributed by atoms with Crippen molar-refractivity contribution in [3.05, 3.63) is 35.2 Å². The molecular formula is C13H15ClN2O. The van der Waals surface area contributed by atoms with Crippen molar-refractivity contribution in [2.75, 3.05) is 6.61 Å². The minimum Gasteiger partial charge on any atom is -0.378 e. The van der Waals surface area contributed by atoms with Gasteiger partial charge in [0.15, 0.2) is 5.65 Å². The smallest absolute Gasteiger partial charge is 0.155 e. The number of fused-ring (bicyclic) bond motifs is 1. The lowest BCUT2D eigenvalue weighted by atomic mass is 10.1. The summed E-state index contributed by atoms with van der Waals surface area (Å²) < 4.78 is 7.70. The molecule has 0 aliphatic carbocycles. The Balaban J connectivity index is 1.83.